The number of benzene rings is 1. The van der Waals surface area contributed by atoms with Gasteiger partial charge >= 0.3 is 0 Å². The molecule has 1 amide bonds. The Morgan fingerprint density at radius 1 is 1.56 bits per heavy atom. The van der Waals surface area contributed by atoms with E-state index in [9.17, 15) is 14.9 Å². The molecule has 1 heterocycles. The van der Waals surface area contributed by atoms with Crippen LogP contribution in [0.3, 0.4) is 0 Å². The highest BCUT2D eigenvalue weighted by atomic mass is 16.6. The van der Waals surface area contributed by atoms with Crippen molar-refractivity contribution in [2.24, 2.45) is 5.73 Å². The van der Waals surface area contributed by atoms with E-state index in [1.165, 1.54) is 17.0 Å². The molecule has 0 saturated heterocycles. The highest BCUT2D eigenvalue weighted by molar-refractivity contribution is 5.99. The summed E-state index contributed by atoms with van der Waals surface area (Å²) in [7, 11) is 1.64. The summed E-state index contributed by atoms with van der Waals surface area (Å²) < 4.78 is 0. The molecule has 84 valence electrons. The molecule has 0 fully saturated rings. The van der Waals surface area contributed by atoms with Crippen LogP contribution in [-0.2, 0) is 0 Å². The molecule has 6 heteroatoms. The largest absolute Gasteiger partial charge is 0.333 e. The molecular weight excluding hydrogens is 210 g/mol. The first-order valence-corrected chi connectivity index (χ1v) is 4.82. The predicted molar refractivity (Wildman–Crippen MR) is 57.0 cm³/mol. The minimum atomic E-state index is -0.511. The summed E-state index contributed by atoms with van der Waals surface area (Å²) in [5.41, 5.74) is 6.65. The van der Waals surface area contributed by atoms with Crippen molar-refractivity contribution in [1.82, 2.24) is 4.90 Å². The fraction of sp³-hybridized carbons (Fsp3) is 0.300. The second-order valence-corrected chi connectivity index (χ2v) is 3.70. The van der Waals surface area contributed by atoms with Gasteiger partial charge in [0.1, 0.15) is 0 Å². The molecule has 0 saturated carbocycles. The van der Waals surface area contributed by atoms with Gasteiger partial charge in [0.2, 0.25) is 0 Å². The van der Waals surface area contributed by atoms with Gasteiger partial charge in [0.25, 0.3) is 11.6 Å². The highest BCUT2D eigenvalue weighted by Gasteiger charge is 2.34. The number of fused-ring (bicyclic) bond motifs is 1. The Bertz CT molecular complexity index is 472. The fourth-order valence-corrected chi connectivity index (χ4v) is 1.96. The van der Waals surface area contributed by atoms with Crippen LogP contribution in [0.2, 0.25) is 0 Å². The molecule has 0 spiro atoms. The van der Waals surface area contributed by atoms with E-state index in [0.717, 1.165) is 5.56 Å². The second kappa shape index (κ2) is 3.57. The fourth-order valence-electron chi connectivity index (χ4n) is 1.96. The van der Waals surface area contributed by atoms with Crippen LogP contribution < -0.4 is 5.73 Å². The molecule has 1 aromatic carbocycles. The third kappa shape index (κ3) is 1.35. The van der Waals surface area contributed by atoms with E-state index in [0.29, 0.717) is 12.1 Å². The van der Waals surface area contributed by atoms with E-state index in [2.05, 4.69) is 0 Å². The van der Waals surface area contributed by atoms with Gasteiger partial charge in [-0.25, -0.2) is 0 Å². The lowest BCUT2D eigenvalue weighted by atomic mass is 10.0. The predicted octanol–water partition coefficient (Wildman–Crippen LogP) is 0.680. The number of carbonyl (C=O) groups is 1. The van der Waals surface area contributed by atoms with Gasteiger partial charge in [-0.3, -0.25) is 14.9 Å². The molecule has 0 aromatic heterocycles. The van der Waals surface area contributed by atoms with Crippen molar-refractivity contribution >= 4 is 11.6 Å². The Hall–Kier alpha value is -1.95. The van der Waals surface area contributed by atoms with E-state index in [1.54, 1.807) is 13.1 Å². The number of amides is 1. The molecule has 1 aliphatic rings. The highest BCUT2D eigenvalue weighted by Crippen LogP contribution is 2.33. The minimum Gasteiger partial charge on any atom is -0.333 e. The maximum Gasteiger partial charge on any atom is 0.270 e. The minimum absolute atomic E-state index is 0.0711. The second-order valence-electron chi connectivity index (χ2n) is 3.70. The quantitative estimate of drug-likeness (QED) is 0.587. The zero-order valence-corrected chi connectivity index (χ0v) is 8.71. The molecule has 1 unspecified atom stereocenters. The summed E-state index contributed by atoms with van der Waals surface area (Å²) in [4.78, 5) is 23.4. The van der Waals surface area contributed by atoms with Crippen LogP contribution in [0.15, 0.2) is 18.2 Å². The zero-order valence-electron chi connectivity index (χ0n) is 8.71. The number of nitrogens with two attached hydrogens (primary N) is 1. The maximum absolute atomic E-state index is 11.8. The van der Waals surface area contributed by atoms with Crippen LogP contribution >= 0.6 is 0 Å². The van der Waals surface area contributed by atoms with Crippen molar-refractivity contribution < 1.29 is 9.72 Å². The lowest BCUT2D eigenvalue weighted by molar-refractivity contribution is -0.384. The van der Waals surface area contributed by atoms with E-state index in [-0.39, 0.29) is 17.6 Å². The summed E-state index contributed by atoms with van der Waals surface area (Å²) >= 11 is 0. The SMILES string of the molecule is CN1C(=O)c2cc([N+](=O)[O-])ccc2C1CN. The van der Waals surface area contributed by atoms with Gasteiger partial charge < -0.3 is 10.6 Å². The normalized spacial score (nSPS) is 18.8. The molecule has 0 aliphatic carbocycles. The van der Waals surface area contributed by atoms with Crippen molar-refractivity contribution in [2.45, 2.75) is 6.04 Å². The molecule has 2 rings (SSSR count). The first-order chi connectivity index (χ1) is 7.56. The van der Waals surface area contributed by atoms with Crippen molar-refractivity contribution in [3.63, 3.8) is 0 Å². The number of likely N-dealkylation sites (N-methyl/N-ethyl adjacent to an activating group) is 1. The zero-order chi connectivity index (χ0) is 11.9. The van der Waals surface area contributed by atoms with Gasteiger partial charge in [-0.15, -0.1) is 0 Å². The number of carbonyl (C=O) groups excluding carboxylic acids is 1. The molecule has 6 nitrogen and oxygen atoms in total. The summed E-state index contributed by atoms with van der Waals surface area (Å²) in [5.74, 6) is -0.214. The van der Waals surface area contributed by atoms with Gasteiger partial charge in [0, 0.05) is 25.7 Å². The number of nitro benzene ring substituents is 1. The third-order valence-corrected chi connectivity index (χ3v) is 2.85. The third-order valence-electron chi connectivity index (χ3n) is 2.85. The Morgan fingerprint density at radius 2 is 2.25 bits per heavy atom. The van der Waals surface area contributed by atoms with E-state index in [1.807, 2.05) is 0 Å². The summed E-state index contributed by atoms with van der Waals surface area (Å²) in [6.07, 6.45) is 0. The van der Waals surface area contributed by atoms with E-state index >= 15 is 0 Å². The van der Waals surface area contributed by atoms with Crippen molar-refractivity contribution in [3.8, 4) is 0 Å². The summed E-state index contributed by atoms with van der Waals surface area (Å²) in [5, 5.41) is 10.6. The van der Waals surface area contributed by atoms with Crippen molar-refractivity contribution in [1.29, 1.82) is 0 Å². The number of non-ortho nitro benzene ring substituents is 1. The molecule has 1 atom stereocenters. The van der Waals surface area contributed by atoms with Gasteiger partial charge in [0.15, 0.2) is 0 Å². The van der Waals surface area contributed by atoms with E-state index in [4.69, 9.17) is 5.73 Å². The van der Waals surface area contributed by atoms with Crippen LogP contribution in [0.25, 0.3) is 0 Å². The number of rotatable bonds is 2. The Labute approximate surface area is 91.8 Å². The van der Waals surface area contributed by atoms with Crippen LogP contribution in [-0.4, -0.2) is 29.3 Å². The van der Waals surface area contributed by atoms with Gasteiger partial charge in [-0.2, -0.15) is 0 Å². The van der Waals surface area contributed by atoms with Gasteiger partial charge in [0.05, 0.1) is 16.5 Å². The monoisotopic (exact) mass is 221 g/mol. The van der Waals surface area contributed by atoms with Crippen LogP contribution in [0, 0.1) is 10.1 Å². The number of nitro groups is 1. The van der Waals surface area contributed by atoms with Gasteiger partial charge in [-0.1, -0.05) is 0 Å². The molecule has 1 aromatic rings. The van der Waals surface area contributed by atoms with Crippen molar-refractivity contribution in [2.75, 3.05) is 13.6 Å². The Kier molecular flexibility index (Phi) is 2.35. The smallest absolute Gasteiger partial charge is 0.270 e. The molecular formula is C10H11N3O3. The molecule has 0 bridgehead atoms. The molecule has 0 radical (unpaired) electrons. The number of nitrogens with zero attached hydrogens (tertiary/aromatic N) is 2. The molecule has 2 N–H and O–H groups in total. The number of hydrogen-bond donors (Lipinski definition) is 1. The molecule has 1 aliphatic heterocycles. The lowest BCUT2D eigenvalue weighted by Gasteiger charge is -2.18. The standard InChI is InChI=1S/C10H11N3O3/c1-12-9(5-11)7-3-2-6(13(15)16)4-8(7)10(12)14/h2-4,9H,5,11H2,1H3. The number of hydrogen-bond acceptors (Lipinski definition) is 4. The maximum atomic E-state index is 11.8. The topological polar surface area (TPSA) is 89.5 Å². The molecule has 16 heavy (non-hydrogen) atoms. The Balaban J connectivity index is 2.54. The lowest BCUT2D eigenvalue weighted by Crippen LogP contribution is -2.28. The average Bonchev–Trinajstić information content (AvgIpc) is 2.51. The van der Waals surface area contributed by atoms with Crippen LogP contribution in [0.1, 0.15) is 22.0 Å². The first-order valence-electron chi connectivity index (χ1n) is 4.82. The van der Waals surface area contributed by atoms with Gasteiger partial charge in [-0.05, 0) is 11.6 Å². The van der Waals surface area contributed by atoms with Crippen molar-refractivity contribution in [3.05, 3.63) is 39.4 Å². The summed E-state index contributed by atoms with van der Waals surface area (Å²) in [6.45, 7) is 0.313. The average molecular weight is 221 g/mol. The summed E-state index contributed by atoms with van der Waals surface area (Å²) in [6, 6.07) is 4.13. The Morgan fingerprint density at radius 3 is 2.81 bits per heavy atom. The van der Waals surface area contributed by atoms with E-state index < -0.39 is 4.92 Å². The van der Waals surface area contributed by atoms with Crippen LogP contribution in [0.4, 0.5) is 5.69 Å². The first kappa shape index (κ1) is 10.6. The van der Waals surface area contributed by atoms with Crippen LogP contribution in [0.5, 0.6) is 0 Å².